The normalized spacial score (nSPS) is 20.3. The van der Waals surface area contributed by atoms with E-state index in [1.165, 1.54) is 12.1 Å². The lowest BCUT2D eigenvalue weighted by atomic mass is 10.1. The summed E-state index contributed by atoms with van der Waals surface area (Å²) in [6, 6.07) is 6.44. The van der Waals surface area contributed by atoms with Gasteiger partial charge in [-0.25, -0.2) is 4.39 Å². The standard InChI is InChI=1S/C11H12FN3/c12-9-1-2-11(8(5-9)6-13)15-4-3-10(14)7-15/h1-2,5,10H,3-4,7,14H2/t10-/m0/s1. The Morgan fingerprint density at radius 2 is 2.33 bits per heavy atom. The maximum absolute atomic E-state index is 12.9. The first-order valence-corrected chi connectivity index (χ1v) is 4.91. The summed E-state index contributed by atoms with van der Waals surface area (Å²) in [5, 5.41) is 8.89. The molecule has 1 aromatic rings. The topological polar surface area (TPSA) is 53.0 Å². The number of rotatable bonds is 1. The zero-order chi connectivity index (χ0) is 10.8. The van der Waals surface area contributed by atoms with Gasteiger partial charge in [0.2, 0.25) is 0 Å². The summed E-state index contributed by atoms with van der Waals surface area (Å²) in [6.07, 6.45) is 0.919. The maximum atomic E-state index is 12.9. The first-order valence-electron chi connectivity index (χ1n) is 4.91. The van der Waals surface area contributed by atoms with E-state index >= 15 is 0 Å². The van der Waals surface area contributed by atoms with Crippen LogP contribution in [0.4, 0.5) is 10.1 Å². The van der Waals surface area contributed by atoms with E-state index in [1.54, 1.807) is 6.07 Å². The van der Waals surface area contributed by atoms with Crippen LogP contribution in [0.2, 0.25) is 0 Å². The van der Waals surface area contributed by atoms with Crippen molar-refractivity contribution in [1.82, 2.24) is 0 Å². The van der Waals surface area contributed by atoms with Crippen LogP contribution in [0.3, 0.4) is 0 Å². The summed E-state index contributed by atoms with van der Waals surface area (Å²) in [5.74, 6) is -0.376. The fourth-order valence-electron chi connectivity index (χ4n) is 1.88. The number of nitrogens with two attached hydrogens (primary N) is 1. The predicted molar refractivity (Wildman–Crippen MR) is 55.9 cm³/mol. The first kappa shape index (κ1) is 9.94. The molecule has 2 rings (SSSR count). The van der Waals surface area contributed by atoms with E-state index in [2.05, 4.69) is 0 Å². The van der Waals surface area contributed by atoms with Gasteiger partial charge in [-0.1, -0.05) is 0 Å². The molecule has 0 radical (unpaired) electrons. The second-order valence-corrected chi connectivity index (χ2v) is 3.77. The third kappa shape index (κ3) is 1.92. The summed E-state index contributed by atoms with van der Waals surface area (Å²) in [6.45, 7) is 1.57. The Bertz CT molecular complexity index is 411. The zero-order valence-corrected chi connectivity index (χ0v) is 8.28. The highest BCUT2D eigenvalue weighted by molar-refractivity contribution is 5.60. The van der Waals surface area contributed by atoms with Crippen LogP contribution < -0.4 is 10.6 Å². The Morgan fingerprint density at radius 1 is 1.53 bits per heavy atom. The number of halogens is 1. The summed E-state index contributed by atoms with van der Waals surface area (Å²) >= 11 is 0. The summed E-state index contributed by atoms with van der Waals surface area (Å²) in [7, 11) is 0. The van der Waals surface area contributed by atoms with Gasteiger partial charge in [-0.15, -0.1) is 0 Å². The van der Waals surface area contributed by atoms with E-state index in [4.69, 9.17) is 11.0 Å². The summed E-state index contributed by atoms with van der Waals surface area (Å²) < 4.78 is 12.9. The molecule has 1 aromatic carbocycles. The molecule has 3 nitrogen and oxygen atoms in total. The molecule has 1 atom stereocenters. The van der Waals surface area contributed by atoms with Gasteiger partial charge in [-0.05, 0) is 24.6 Å². The highest BCUT2D eigenvalue weighted by Gasteiger charge is 2.21. The van der Waals surface area contributed by atoms with Gasteiger partial charge in [0.15, 0.2) is 0 Å². The van der Waals surface area contributed by atoms with Gasteiger partial charge < -0.3 is 10.6 Å². The second kappa shape index (κ2) is 3.87. The van der Waals surface area contributed by atoms with Gasteiger partial charge in [0, 0.05) is 19.1 Å². The molecular formula is C11H12FN3. The molecule has 0 amide bonds. The number of nitrogens with zero attached hydrogens (tertiary/aromatic N) is 2. The maximum Gasteiger partial charge on any atom is 0.124 e. The van der Waals surface area contributed by atoms with Gasteiger partial charge in [0.05, 0.1) is 11.3 Å². The highest BCUT2D eigenvalue weighted by Crippen LogP contribution is 2.24. The summed E-state index contributed by atoms with van der Waals surface area (Å²) in [4.78, 5) is 2.03. The molecule has 1 heterocycles. The van der Waals surface area contributed by atoms with E-state index < -0.39 is 0 Å². The fourth-order valence-corrected chi connectivity index (χ4v) is 1.88. The lowest BCUT2D eigenvalue weighted by Crippen LogP contribution is -2.26. The highest BCUT2D eigenvalue weighted by atomic mass is 19.1. The van der Waals surface area contributed by atoms with Crippen molar-refractivity contribution in [3.05, 3.63) is 29.6 Å². The first-order chi connectivity index (χ1) is 7.20. The van der Waals surface area contributed by atoms with Crippen molar-refractivity contribution in [3.63, 3.8) is 0 Å². The molecule has 1 aliphatic rings. The molecule has 0 unspecified atom stereocenters. The van der Waals surface area contributed by atoms with Crippen LogP contribution in [0.25, 0.3) is 0 Å². The average Bonchev–Trinajstić information content (AvgIpc) is 2.64. The van der Waals surface area contributed by atoms with Crippen LogP contribution in [0.5, 0.6) is 0 Å². The summed E-state index contributed by atoms with van der Waals surface area (Å²) in [5.41, 5.74) is 6.95. The van der Waals surface area contributed by atoms with Gasteiger partial charge in [-0.3, -0.25) is 0 Å². The second-order valence-electron chi connectivity index (χ2n) is 3.77. The number of benzene rings is 1. The molecular weight excluding hydrogens is 193 g/mol. The Labute approximate surface area is 87.9 Å². The Balaban J connectivity index is 2.32. The minimum atomic E-state index is -0.376. The fraction of sp³-hybridized carbons (Fsp3) is 0.364. The third-order valence-electron chi connectivity index (χ3n) is 2.64. The van der Waals surface area contributed by atoms with E-state index in [9.17, 15) is 4.39 Å². The Morgan fingerprint density at radius 3 is 2.93 bits per heavy atom. The lowest BCUT2D eigenvalue weighted by Gasteiger charge is -2.19. The Kier molecular flexibility index (Phi) is 2.57. The minimum Gasteiger partial charge on any atom is -0.369 e. The van der Waals surface area contributed by atoms with Crippen molar-refractivity contribution in [1.29, 1.82) is 5.26 Å². The minimum absolute atomic E-state index is 0.154. The van der Waals surface area contributed by atoms with Crippen molar-refractivity contribution in [2.75, 3.05) is 18.0 Å². The van der Waals surface area contributed by atoms with Gasteiger partial charge in [0.1, 0.15) is 11.9 Å². The largest absolute Gasteiger partial charge is 0.369 e. The van der Waals surface area contributed by atoms with Gasteiger partial charge in [0.25, 0.3) is 0 Å². The molecule has 1 fully saturated rings. The van der Waals surface area contributed by atoms with E-state index in [0.29, 0.717) is 5.56 Å². The van der Waals surface area contributed by atoms with E-state index in [0.717, 1.165) is 25.2 Å². The Hall–Kier alpha value is -1.60. The molecule has 2 N–H and O–H groups in total. The molecule has 1 aliphatic heterocycles. The van der Waals surface area contributed by atoms with Crippen LogP contribution in [0.15, 0.2) is 18.2 Å². The molecule has 0 bridgehead atoms. The van der Waals surface area contributed by atoms with Crippen LogP contribution in [-0.4, -0.2) is 19.1 Å². The molecule has 0 saturated carbocycles. The molecule has 1 saturated heterocycles. The van der Waals surface area contributed by atoms with E-state index in [-0.39, 0.29) is 11.9 Å². The number of nitriles is 1. The smallest absolute Gasteiger partial charge is 0.124 e. The van der Waals surface area contributed by atoms with Crippen molar-refractivity contribution < 1.29 is 4.39 Å². The van der Waals surface area contributed by atoms with Crippen molar-refractivity contribution in [3.8, 4) is 6.07 Å². The van der Waals surface area contributed by atoms with Crippen LogP contribution in [-0.2, 0) is 0 Å². The van der Waals surface area contributed by atoms with Crippen molar-refractivity contribution in [2.45, 2.75) is 12.5 Å². The quantitative estimate of drug-likeness (QED) is 0.750. The van der Waals surface area contributed by atoms with Crippen molar-refractivity contribution >= 4 is 5.69 Å². The average molecular weight is 205 g/mol. The molecule has 4 heteroatoms. The molecule has 15 heavy (non-hydrogen) atoms. The number of hydrogen-bond acceptors (Lipinski definition) is 3. The van der Waals surface area contributed by atoms with Crippen molar-refractivity contribution in [2.24, 2.45) is 5.73 Å². The predicted octanol–water partition coefficient (Wildman–Crippen LogP) is 1.23. The number of hydrogen-bond donors (Lipinski definition) is 1. The molecule has 78 valence electrons. The van der Waals surface area contributed by atoms with Crippen LogP contribution >= 0.6 is 0 Å². The van der Waals surface area contributed by atoms with Crippen LogP contribution in [0, 0.1) is 17.1 Å². The lowest BCUT2D eigenvalue weighted by molar-refractivity contribution is 0.627. The van der Waals surface area contributed by atoms with Gasteiger partial charge in [-0.2, -0.15) is 5.26 Å². The van der Waals surface area contributed by atoms with E-state index in [1.807, 2.05) is 11.0 Å². The number of anilines is 1. The molecule has 0 aliphatic carbocycles. The molecule has 0 aromatic heterocycles. The monoisotopic (exact) mass is 205 g/mol. The molecule has 0 spiro atoms. The SMILES string of the molecule is N#Cc1cc(F)ccc1N1CC[C@H](N)C1. The van der Waals surface area contributed by atoms with Crippen LogP contribution in [0.1, 0.15) is 12.0 Å². The van der Waals surface area contributed by atoms with Gasteiger partial charge >= 0.3 is 0 Å². The zero-order valence-electron chi connectivity index (χ0n) is 8.28. The third-order valence-corrected chi connectivity index (χ3v) is 2.64.